The number of hydrogen-bond acceptors (Lipinski definition) is 6. The van der Waals surface area contributed by atoms with Gasteiger partial charge < -0.3 is 20.2 Å². The van der Waals surface area contributed by atoms with Gasteiger partial charge in [0.2, 0.25) is 0 Å². The van der Waals surface area contributed by atoms with E-state index in [9.17, 15) is 0 Å². The molecule has 6 heteroatoms. The second-order valence-electron chi connectivity index (χ2n) is 6.21. The summed E-state index contributed by atoms with van der Waals surface area (Å²) in [6.07, 6.45) is 0. The minimum Gasteiger partial charge on any atom is -0.395 e. The zero-order valence-corrected chi connectivity index (χ0v) is 14.4. The van der Waals surface area contributed by atoms with Crippen molar-refractivity contribution in [3.63, 3.8) is 0 Å². The van der Waals surface area contributed by atoms with Crippen LogP contribution in [0.5, 0.6) is 0 Å². The number of aliphatic hydroxyl groups excluding tert-OH is 1. The third-order valence-corrected chi connectivity index (χ3v) is 4.27. The molecule has 1 aliphatic heterocycles. The fourth-order valence-corrected chi connectivity index (χ4v) is 2.86. The first-order chi connectivity index (χ1) is 11.7. The minimum atomic E-state index is 0.0815. The molecule has 24 heavy (non-hydrogen) atoms. The summed E-state index contributed by atoms with van der Waals surface area (Å²) in [5, 5.41) is 12.0. The van der Waals surface area contributed by atoms with Crippen molar-refractivity contribution in [1.29, 1.82) is 0 Å². The number of anilines is 2. The summed E-state index contributed by atoms with van der Waals surface area (Å²) in [5.74, 6) is 1.45. The summed E-state index contributed by atoms with van der Waals surface area (Å²) in [6, 6.07) is 10.3. The number of likely N-dealkylation sites (N-methyl/N-ethyl adjacent to an activating group) is 1. The highest BCUT2D eigenvalue weighted by atomic mass is 16.3. The fraction of sp³-hybridized carbons (Fsp3) is 0.444. The standard InChI is InChI=1S/C18H25N5O/c1-14-13-17(19-7-12-24)21-18(20-14)15-3-5-16(6-4-15)23-10-8-22(2)9-11-23/h3-6,13,24H,7-12H2,1-2H3,(H,19,20,21). The Kier molecular flexibility index (Phi) is 5.27. The molecule has 6 nitrogen and oxygen atoms in total. The van der Waals surface area contributed by atoms with Gasteiger partial charge in [0.1, 0.15) is 5.82 Å². The van der Waals surface area contributed by atoms with E-state index in [1.54, 1.807) is 0 Å². The second kappa shape index (κ2) is 7.59. The lowest BCUT2D eigenvalue weighted by molar-refractivity contribution is 0.311. The molecule has 0 bridgehead atoms. The maximum absolute atomic E-state index is 8.94. The summed E-state index contributed by atoms with van der Waals surface area (Å²) < 4.78 is 0. The molecule has 1 saturated heterocycles. The van der Waals surface area contributed by atoms with Crippen molar-refractivity contribution in [3.8, 4) is 11.4 Å². The molecule has 1 aliphatic rings. The number of benzene rings is 1. The predicted octanol–water partition coefficient (Wildman–Crippen LogP) is 1.61. The lowest BCUT2D eigenvalue weighted by atomic mass is 10.1. The number of nitrogens with one attached hydrogen (secondary N) is 1. The molecule has 128 valence electrons. The van der Waals surface area contributed by atoms with Gasteiger partial charge in [0.25, 0.3) is 0 Å². The molecule has 1 aromatic carbocycles. The van der Waals surface area contributed by atoms with E-state index in [4.69, 9.17) is 5.11 Å². The maximum atomic E-state index is 8.94. The van der Waals surface area contributed by atoms with Gasteiger partial charge in [-0.1, -0.05) is 0 Å². The number of nitrogens with zero attached hydrogens (tertiary/aromatic N) is 4. The first-order valence-corrected chi connectivity index (χ1v) is 8.40. The molecule has 3 rings (SSSR count). The van der Waals surface area contributed by atoms with Crippen LogP contribution in [0.3, 0.4) is 0 Å². The van der Waals surface area contributed by atoms with Gasteiger partial charge in [-0.25, -0.2) is 9.97 Å². The van der Waals surface area contributed by atoms with Crippen LogP contribution in [0.1, 0.15) is 5.69 Å². The number of aliphatic hydroxyl groups is 1. The number of aromatic nitrogens is 2. The smallest absolute Gasteiger partial charge is 0.161 e. The molecule has 0 spiro atoms. The average molecular weight is 327 g/mol. The molecule has 2 heterocycles. The van der Waals surface area contributed by atoms with Crippen LogP contribution in [0, 0.1) is 6.92 Å². The van der Waals surface area contributed by atoms with Gasteiger partial charge in [0, 0.05) is 55.7 Å². The Morgan fingerprint density at radius 3 is 2.46 bits per heavy atom. The zero-order valence-electron chi connectivity index (χ0n) is 14.4. The van der Waals surface area contributed by atoms with Crippen molar-refractivity contribution in [2.24, 2.45) is 0 Å². The summed E-state index contributed by atoms with van der Waals surface area (Å²) in [6.45, 7) is 6.84. The van der Waals surface area contributed by atoms with E-state index in [1.165, 1.54) is 5.69 Å². The van der Waals surface area contributed by atoms with Crippen LogP contribution in [-0.4, -0.2) is 66.4 Å². The molecular formula is C18H25N5O. The molecule has 1 fully saturated rings. The van der Waals surface area contributed by atoms with E-state index >= 15 is 0 Å². The topological polar surface area (TPSA) is 64.5 Å². The molecule has 0 amide bonds. The lowest BCUT2D eigenvalue weighted by Crippen LogP contribution is -2.44. The number of hydrogen-bond donors (Lipinski definition) is 2. The van der Waals surface area contributed by atoms with Crippen molar-refractivity contribution in [2.75, 3.05) is 56.6 Å². The molecule has 0 atom stereocenters. The number of piperazine rings is 1. The Hall–Kier alpha value is -2.18. The molecule has 0 aliphatic carbocycles. The van der Waals surface area contributed by atoms with Gasteiger partial charge >= 0.3 is 0 Å². The molecule has 0 radical (unpaired) electrons. The largest absolute Gasteiger partial charge is 0.395 e. The Morgan fingerprint density at radius 1 is 1.08 bits per heavy atom. The Morgan fingerprint density at radius 2 is 1.79 bits per heavy atom. The van der Waals surface area contributed by atoms with Crippen molar-refractivity contribution in [1.82, 2.24) is 14.9 Å². The van der Waals surface area contributed by atoms with Crippen molar-refractivity contribution >= 4 is 11.5 Å². The van der Waals surface area contributed by atoms with Gasteiger partial charge in [-0.2, -0.15) is 0 Å². The number of aryl methyl sites for hydroxylation is 1. The van der Waals surface area contributed by atoms with Crippen molar-refractivity contribution < 1.29 is 5.11 Å². The highest BCUT2D eigenvalue weighted by Crippen LogP contribution is 2.23. The molecule has 2 N–H and O–H groups in total. The van der Waals surface area contributed by atoms with Gasteiger partial charge in [0.15, 0.2) is 5.82 Å². The first kappa shape index (κ1) is 16.7. The summed E-state index contributed by atoms with van der Waals surface area (Å²) in [7, 11) is 2.16. The fourth-order valence-electron chi connectivity index (χ4n) is 2.86. The average Bonchev–Trinajstić information content (AvgIpc) is 2.60. The van der Waals surface area contributed by atoms with E-state index in [1.807, 2.05) is 13.0 Å². The summed E-state index contributed by atoms with van der Waals surface area (Å²) in [5.41, 5.74) is 3.16. The van der Waals surface area contributed by atoms with Crippen LogP contribution in [0.2, 0.25) is 0 Å². The van der Waals surface area contributed by atoms with Crippen LogP contribution < -0.4 is 10.2 Å². The molecule has 0 saturated carbocycles. The molecular weight excluding hydrogens is 302 g/mol. The highest BCUT2D eigenvalue weighted by molar-refractivity contribution is 5.62. The van der Waals surface area contributed by atoms with Gasteiger partial charge in [-0.05, 0) is 38.2 Å². The van der Waals surface area contributed by atoms with Gasteiger partial charge in [-0.15, -0.1) is 0 Å². The van der Waals surface area contributed by atoms with Crippen LogP contribution in [0.25, 0.3) is 11.4 Å². The minimum absolute atomic E-state index is 0.0815. The van der Waals surface area contributed by atoms with E-state index in [2.05, 4.69) is 56.4 Å². The number of rotatable bonds is 5. The van der Waals surface area contributed by atoms with Crippen LogP contribution in [0.15, 0.2) is 30.3 Å². The monoisotopic (exact) mass is 327 g/mol. The third-order valence-electron chi connectivity index (χ3n) is 4.27. The quantitative estimate of drug-likeness (QED) is 0.870. The Bertz CT molecular complexity index is 666. The van der Waals surface area contributed by atoms with Gasteiger partial charge in [0.05, 0.1) is 6.61 Å². The summed E-state index contributed by atoms with van der Waals surface area (Å²) in [4.78, 5) is 13.8. The predicted molar refractivity (Wildman–Crippen MR) is 97.5 cm³/mol. The second-order valence-corrected chi connectivity index (χ2v) is 6.21. The molecule has 0 unspecified atom stereocenters. The van der Waals surface area contributed by atoms with E-state index in [0.717, 1.165) is 43.3 Å². The van der Waals surface area contributed by atoms with Crippen LogP contribution in [-0.2, 0) is 0 Å². The third kappa shape index (κ3) is 4.01. The normalized spacial score (nSPS) is 15.5. The molecule has 1 aromatic heterocycles. The van der Waals surface area contributed by atoms with Crippen molar-refractivity contribution in [2.45, 2.75) is 6.92 Å². The zero-order chi connectivity index (χ0) is 16.9. The Labute approximate surface area is 143 Å². The van der Waals surface area contributed by atoms with Gasteiger partial charge in [-0.3, -0.25) is 0 Å². The maximum Gasteiger partial charge on any atom is 0.161 e. The lowest BCUT2D eigenvalue weighted by Gasteiger charge is -2.34. The van der Waals surface area contributed by atoms with Crippen molar-refractivity contribution in [3.05, 3.63) is 36.0 Å². The van der Waals surface area contributed by atoms with E-state index < -0.39 is 0 Å². The molecule has 2 aromatic rings. The SMILES string of the molecule is Cc1cc(NCCO)nc(-c2ccc(N3CCN(C)CC3)cc2)n1. The van der Waals surface area contributed by atoms with E-state index in [-0.39, 0.29) is 6.61 Å². The first-order valence-electron chi connectivity index (χ1n) is 8.40. The van der Waals surface area contributed by atoms with Crippen LogP contribution in [0.4, 0.5) is 11.5 Å². The Balaban J connectivity index is 1.76. The summed E-state index contributed by atoms with van der Waals surface area (Å²) >= 11 is 0. The van der Waals surface area contributed by atoms with Crippen LogP contribution >= 0.6 is 0 Å². The van der Waals surface area contributed by atoms with E-state index in [0.29, 0.717) is 12.4 Å². The highest BCUT2D eigenvalue weighted by Gasteiger charge is 2.14.